The van der Waals surface area contributed by atoms with Crippen LogP contribution < -0.4 is 5.56 Å². The average Bonchev–Trinajstić information content (AvgIpc) is 3.17. The van der Waals surface area contributed by atoms with Crippen LogP contribution in [0.25, 0.3) is 10.9 Å². The maximum absolute atomic E-state index is 12.7. The molecule has 0 atom stereocenters. The molecule has 1 saturated heterocycles. The summed E-state index contributed by atoms with van der Waals surface area (Å²) in [5, 5.41) is 0.452. The predicted octanol–water partition coefficient (Wildman–Crippen LogP) is 1.64. The van der Waals surface area contributed by atoms with E-state index in [1.807, 2.05) is 0 Å². The van der Waals surface area contributed by atoms with Gasteiger partial charge in [-0.3, -0.25) is 14.2 Å². The highest BCUT2D eigenvalue weighted by atomic mass is 35.5. The molecule has 1 fully saturated rings. The lowest BCUT2D eigenvalue weighted by atomic mass is 10.2. The normalized spacial score (nSPS) is 15.7. The van der Waals surface area contributed by atoms with Gasteiger partial charge >= 0.3 is 0 Å². The van der Waals surface area contributed by atoms with E-state index in [1.54, 1.807) is 35.2 Å². The van der Waals surface area contributed by atoms with Gasteiger partial charge in [-0.25, -0.2) is 13.4 Å². The van der Waals surface area contributed by atoms with Crippen molar-refractivity contribution in [2.24, 2.45) is 0 Å². The van der Waals surface area contributed by atoms with E-state index in [0.717, 1.165) is 11.3 Å². The number of hydrogen-bond donors (Lipinski definition) is 0. The number of halogens is 1. The van der Waals surface area contributed by atoms with Crippen LogP contribution in [0.2, 0.25) is 4.34 Å². The topological polar surface area (TPSA) is 92.6 Å². The number of amides is 1. The molecule has 3 heterocycles. The second-order valence-electron chi connectivity index (χ2n) is 6.54. The van der Waals surface area contributed by atoms with Gasteiger partial charge in [-0.05, 0) is 24.3 Å². The van der Waals surface area contributed by atoms with E-state index in [2.05, 4.69) is 4.98 Å². The van der Waals surface area contributed by atoms with Crippen LogP contribution in [0.15, 0.2) is 51.7 Å². The second-order valence-corrected chi connectivity index (χ2v) is 10.4. The number of sulfonamides is 1. The van der Waals surface area contributed by atoms with Gasteiger partial charge in [0.2, 0.25) is 5.91 Å². The zero-order chi connectivity index (χ0) is 20.6. The Bertz CT molecular complexity index is 1230. The van der Waals surface area contributed by atoms with E-state index in [9.17, 15) is 18.0 Å². The summed E-state index contributed by atoms with van der Waals surface area (Å²) in [6.07, 6.45) is 1.36. The number of thiophene rings is 1. The summed E-state index contributed by atoms with van der Waals surface area (Å²) in [5.74, 6) is -0.250. The van der Waals surface area contributed by atoms with Gasteiger partial charge in [0.1, 0.15) is 10.8 Å². The number of rotatable bonds is 4. The Morgan fingerprint density at radius 2 is 1.83 bits per heavy atom. The summed E-state index contributed by atoms with van der Waals surface area (Å²) < 4.78 is 28.5. The summed E-state index contributed by atoms with van der Waals surface area (Å²) in [7, 11) is -3.62. The van der Waals surface area contributed by atoms with Crippen LogP contribution >= 0.6 is 22.9 Å². The molecular formula is C18H17ClN4O4S2. The number of benzene rings is 1. The third kappa shape index (κ3) is 3.93. The van der Waals surface area contributed by atoms with Crippen molar-refractivity contribution < 1.29 is 13.2 Å². The molecule has 3 aromatic rings. The van der Waals surface area contributed by atoms with Crippen molar-refractivity contribution in [1.82, 2.24) is 18.8 Å². The minimum atomic E-state index is -3.62. The molecule has 1 aliphatic rings. The van der Waals surface area contributed by atoms with Crippen LogP contribution in [0.4, 0.5) is 0 Å². The second kappa shape index (κ2) is 7.86. The molecule has 152 valence electrons. The Morgan fingerprint density at radius 3 is 2.52 bits per heavy atom. The smallest absolute Gasteiger partial charge is 0.261 e. The highest BCUT2D eigenvalue weighted by Gasteiger charge is 2.31. The molecule has 0 radical (unpaired) electrons. The highest BCUT2D eigenvalue weighted by Crippen LogP contribution is 2.28. The molecule has 11 heteroatoms. The number of fused-ring (bicyclic) bond motifs is 1. The molecule has 8 nitrogen and oxygen atoms in total. The zero-order valence-electron chi connectivity index (χ0n) is 15.2. The molecule has 1 aromatic carbocycles. The number of carbonyl (C=O) groups excluding carboxylic acids is 1. The fourth-order valence-electron chi connectivity index (χ4n) is 3.21. The quantitative estimate of drug-likeness (QED) is 0.600. The van der Waals surface area contributed by atoms with Gasteiger partial charge < -0.3 is 4.90 Å². The van der Waals surface area contributed by atoms with E-state index in [4.69, 9.17) is 11.6 Å². The van der Waals surface area contributed by atoms with Crippen molar-refractivity contribution in [1.29, 1.82) is 0 Å². The van der Waals surface area contributed by atoms with E-state index >= 15 is 0 Å². The predicted molar refractivity (Wildman–Crippen MR) is 111 cm³/mol. The minimum absolute atomic E-state index is 0.135. The molecule has 29 heavy (non-hydrogen) atoms. The van der Waals surface area contributed by atoms with Gasteiger partial charge in [0.05, 0.1) is 21.6 Å². The van der Waals surface area contributed by atoms with Crippen LogP contribution in [0.1, 0.15) is 0 Å². The third-order valence-electron chi connectivity index (χ3n) is 4.77. The van der Waals surface area contributed by atoms with E-state index in [1.165, 1.54) is 21.3 Å². The summed E-state index contributed by atoms with van der Waals surface area (Å²) in [6.45, 7) is 0.757. The highest BCUT2D eigenvalue weighted by molar-refractivity contribution is 7.91. The summed E-state index contributed by atoms with van der Waals surface area (Å²) in [6, 6.07) is 9.99. The van der Waals surface area contributed by atoms with Crippen molar-refractivity contribution in [2.45, 2.75) is 10.8 Å². The molecular weight excluding hydrogens is 436 g/mol. The summed E-state index contributed by atoms with van der Waals surface area (Å²) >= 11 is 6.86. The molecule has 2 aromatic heterocycles. The zero-order valence-corrected chi connectivity index (χ0v) is 17.6. The summed E-state index contributed by atoms with van der Waals surface area (Å²) in [4.78, 5) is 31.0. The van der Waals surface area contributed by atoms with Gasteiger partial charge in [0.25, 0.3) is 15.6 Å². The molecule has 0 N–H and O–H groups in total. The Kier molecular flexibility index (Phi) is 5.43. The largest absolute Gasteiger partial charge is 0.338 e. The number of piperazine rings is 1. The van der Waals surface area contributed by atoms with Gasteiger partial charge in [-0.15, -0.1) is 11.3 Å². The van der Waals surface area contributed by atoms with Gasteiger partial charge in [0, 0.05) is 26.2 Å². The van der Waals surface area contributed by atoms with E-state index in [-0.39, 0.29) is 48.4 Å². The molecule has 0 aliphatic carbocycles. The Balaban J connectivity index is 1.43. The maximum atomic E-state index is 12.7. The number of nitrogens with zero attached hydrogens (tertiary/aromatic N) is 4. The molecule has 0 unspecified atom stereocenters. The van der Waals surface area contributed by atoms with Crippen LogP contribution in [-0.4, -0.2) is 59.3 Å². The fourth-order valence-corrected chi connectivity index (χ4v) is 6.27. The Morgan fingerprint density at radius 1 is 1.10 bits per heavy atom. The first-order chi connectivity index (χ1) is 13.9. The van der Waals surface area contributed by atoms with Crippen LogP contribution in [0, 0.1) is 0 Å². The lowest BCUT2D eigenvalue weighted by Gasteiger charge is -2.33. The fraction of sp³-hybridized carbons (Fsp3) is 0.278. The van der Waals surface area contributed by atoms with Crippen molar-refractivity contribution in [3.63, 3.8) is 0 Å². The monoisotopic (exact) mass is 452 g/mol. The average molecular weight is 453 g/mol. The number of carbonyl (C=O) groups is 1. The van der Waals surface area contributed by atoms with Crippen molar-refractivity contribution in [3.05, 3.63) is 57.4 Å². The van der Waals surface area contributed by atoms with Crippen molar-refractivity contribution in [3.8, 4) is 0 Å². The Hall–Kier alpha value is -2.27. The minimum Gasteiger partial charge on any atom is -0.338 e. The lowest BCUT2D eigenvalue weighted by molar-refractivity contribution is -0.133. The number of para-hydroxylation sites is 1. The van der Waals surface area contributed by atoms with E-state index in [0.29, 0.717) is 15.2 Å². The molecule has 0 bridgehead atoms. The molecule has 1 amide bonds. The van der Waals surface area contributed by atoms with Crippen molar-refractivity contribution in [2.75, 3.05) is 26.2 Å². The molecule has 0 saturated carbocycles. The Labute approximate surface area is 176 Å². The van der Waals surface area contributed by atoms with Crippen LogP contribution in [0.5, 0.6) is 0 Å². The van der Waals surface area contributed by atoms with Crippen LogP contribution in [-0.2, 0) is 21.4 Å². The first kappa shape index (κ1) is 20.0. The number of aromatic nitrogens is 2. The van der Waals surface area contributed by atoms with E-state index < -0.39 is 10.0 Å². The van der Waals surface area contributed by atoms with Gasteiger partial charge in [-0.1, -0.05) is 23.7 Å². The third-order valence-corrected chi connectivity index (χ3v) is 8.37. The molecule has 0 spiro atoms. The van der Waals surface area contributed by atoms with Crippen LogP contribution in [0.3, 0.4) is 0 Å². The van der Waals surface area contributed by atoms with Gasteiger partial charge in [-0.2, -0.15) is 4.31 Å². The van der Waals surface area contributed by atoms with Gasteiger partial charge in [0.15, 0.2) is 0 Å². The maximum Gasteiger partial charge on any atom is 0.261 e. The first-order valence-electron chi connectivity index (χ1n) is 8.84. The lowest BCUT2D eigenvalue weighted by Crippen LogP contribution is -2.51. The molecule has 4 rings (SSSR count). The standard InChI is InChI=1S/C18H17ClN4O4S2/c19-15-5-6-17(28-15)29(26,27)23-9-7-21(8-10-23)16(24)11-22-12-20-14-4-2-1-3-13(14)18(22)25/h1-6,12H,7-11H2. The SMILES string of the molecule is O=C(Cn1cnc2ccccc2c1=O)N1CCN(S(=O)(=O)c2ccc(Cl)s2)CC1. The van der Waals surface area contributed by atoms with Crippen molar-refractivity contribution >= 4 is 49.8 Å². The first-order valence-corrected chi connectivity index (χ1v) is 11.5. The summed E-state index contributed by atoms with van der Waals surface area (Å²) in [5.41, 5.74) is 0.299. The molecule has 1 aliphatic heterocycles. The number of hydrogen-bond acceptors (Lipinski definition) is 6.